The molecule has 0 bridgehead atoms. The Balaban J connectivity index is 0.0000106. The average molecular weight is 1460 g/mol. The maximum Gasteiger partial charge on any atom is 0.373 e. The lowest BCUT2D eigenvalue weighted by Crippen LogP contribution is -3.00. The molecule has 2 amide bonds. The summed E-state index contributed by atoms with van der Waals surface area (Å²) in [6, 6.07) is 76.1. The fraction of sp³-hybridized carbons (Fsp3) is 0.212. The summed E-state index contributed by atoms with van der Waals surface area (Å²) in [5.74, 6) is -1.13. The van der Waals surface area contributed by atoms with Crippen LogP contribution in [-0.2, 0) is 71.1 Å². The number of nitrogens with zero attached hydrogens (tertiary/aromatic N) is 4. The highest BCUT2D eigenvalue weighted by atomic mass is 35.5. The normalized spacial score (nSPS) is 14.2. The van der Waals surface area contributed by atoms with Crippen molar-refractivity contribution in [2.75, 3.05) is 71.1 Å². The summed E-state index contributed by atoms with van der Waals surface area (Å²) in [5.41, 5.74) is 6.26. The number of fused-ring (bicyclic) bond motifs is 1. The molecule has 23 heteroatoms. The lowest BCUT2D eigenvalue weighted by Gasteiger charge is -2.49. The molecule has 8 aromatic carbocycles. The van der Waals surface area contributed by atoms with Gasteiger partial charge >= 0.3 is 11.9 Å². The predicted molar refractivity (Wildman–Crippen MR) is 390 cm³/mol. The van der Waals surface area contributed by atoms with E-state index < -0.39 is 52.9 Å². The number of carbonyl (C=O) groups excluding carboxylic acids is 4. The van der Waals surface area contributed by atoms with Crippen molar-refractivity contribution >= 4 is 69.5 Å². The number of halogens is 1. The number of benzene rings is 8. The number of methoxy groups -OCH3 is 2. The van der Waals surface area contributed by atoms with Crippen LogP contribution in [0, 0.1) is 0 Å². The maximum absolute atomic E-state index is 15.3. The minimum atomic E-state index is -1.13. The number of anilines is 1. The summed E-state index contributed by atoms with van der Waals surface area (Å²) < 4.78 is 47.8. The lowest BCUT2D eigenvalue weighted by molar-refractivity contribution is -0.686. The molecule has 0 aliphatic carbocycles. The van der Waals surface area contributed by atoms with Crippen molar-refractivity contribution in [3.63, 3.8) is 0 Å². The standard InChI is InChI=1S/C80H74N6O13S3.ClH/c1-91-44-46-93-54-95-67-39-38-56(48-68(67)96-55-94-47-45-92-2)50-97-84-70(66-53-102-79(81-66)83-80(62-32-18-7-19-33-62,63-34-20-8-21-35-63)64-36-22-9-23-37-64)75(88)82-71-76(89)86-72(78(90)99-74(59-28-14-5-15-29-59)60-30-16-6-17-31-60)61(52-101-77(71)86)51-100-65-40-42-85(43-41-65)49-69(87)98-73(57-24-10-3-11-25-57)58-26-12-4-13-27-58;/h3-43,48,53,71,73-74,77H,44-47,49-52,54-55H2,1-2H3,(H-,81,82,83,88);1H/t71?,77-;/m1./s1. The van der Waals surface area contributed by atoms with E-state index in [9.17, 15) is 4.79 Å². The van der Waals surface area contributed by atoms with Gasteiger partial charge in [-0.25, -0.2) is 14.6 Å². The van der Waals surface area contributed by atoms with E-state index in [1.54, 1.807) is 54.8 Å². The number of thiazole rings is 1. The number of aromatic nitrogens is 2. The van der Waals surface area contributed by atoms with Gasteiger partial charge in [-0.2, -0.15) is 4.57 Å². The SMILES string of the molecule is COCCOCOc1ccc(CON=C(C(=O)NC2C(=O)N3C(C(=O)OC(c4ccccc4)c4ccccc4)=C(CSc4cc[n+](CC(=O)OC(c5ccccc5)c5ccccc5)cc4)CS[C@H]23)c2csc(NC(c3ccccc3)(c3ccccc3)c3ccccc3)n2)cc1OCOCCOC.[Cl-]. The number of esters is 2. The number of thioether (sulfide) groups is 2. The first-order valence-corrected chi connectivity index (χ1v) is 35.9. The predicted octanol–water partition coefficient (Wildman–Crippen LogP) is 9.87. The number of nitrogens with one attached hydrogen (secondary N) is 2. The Morgan fingerprint density at radius 2 is 1.13 bits per heavy atom. The van der Waals surface area contributed by atoms with Crippen LogP contribution in [0.15, 0.2) is 282 Å². The molecule has 0 radical (unpaired) electrons. The Hall–Kier alpha value is -10.1. The van der Waals surface area contributed by atoms with Gasteiger partial charge in [0.25, 0.3) is 11.8 Å². The molecule has 1 saturated heterocycles. The number of pyridine rings is 1. The first kappa shape index (κ1) is 74.1. The van der Waals surface area contributed by atoms with E-state index >= 15 is 14.4 Å². The van der Waals surface area contributed by atoms with Crippen LogP contribution in [0.2, 0.25) is 0 Å². The topological polar surface area (TPSA) is 208 Å². The third kappa shape index (κ3) is 18.8. The number of hydrogen-bond donors (Lipinski definition) is 2. The molecule has 2 aliphatic rings. The van der Waals surface area contributed by atoms with Crippen LogP contribution in [0.4, 0.5) is 5.13 Å². The molecular weight excluding hydrogens is 1380 g/mol. The van der Waals surface area contributed by atoms with E-state index in [2.05, 4.69) is 52.2 Å². The summed E-state index contributed by atoms with van der Waals surface area (Å²) in [6.07, 6.45) is 2.19. The van der Waals surface area contributed by atoms with Crippen LogP contribution >= 0.6 is 34.9 Å². The van der Waals surface area contributed by atoms with Gasteiger partial charge in [-0.1, -0.05) is 224 Å². The quantitative estimate of drug-likeness (QED) is 0.00436. The first-order valence-electron chi connectivity index (χ1n) is 33.0. The zero-order chi connectivity index (χ0) is 70.3. The number of oxime groups is 1. The Bertz CT molecular complexity index is 4270. The van der Waals surface area contributed by atoms with Crippen LogP contribution in [0.5, 0.6) is 11.5 Å². The monoisotopic (exact) mass is 1460 g/mol. The van der Waals surface area contributed by atoms with Crippen LogP contribution in [0.1, 0.15) is 62.4 Å². The molecule has 2 aliphatic heterocycles. The van der Waals surface area contributed by atoms with Crippen molar-refractivity contribution in [3.8, 4) is 11.5 Å². The van der Waals surface area contributed by atoms with Gasteiger partial charge in [-0.05, 0) is 62.2 Å². The van der Waals surface area contributed by atoms with Crippen LogP contribution in [0.25, 0.3) is 0 Å². The van der Waals surface area contributed by atoms with E-state index in [4.69, 9.17) is 47.7 Å². The van der Waals surface area contributed by atoms with Crippen molar-refractivity contribution in [1.29, 1.82) is 0 Å². The fourth-order valence-corrected chi connectivity index (χ4v) is 14.8. The molecule has 10 aromatic rings. The molecule has 12 rings (SSSR count). The smallest absolute Gasteiger partial charge is 0.373 e. The molecule has 0 saturated carbocycles. The average Bonchev–Trinajstić information content (AvgIpc) is 1.22. The number of rotatable bonds is 35. The van der Waals surface area contributed by atoms with Gasteiger partial charge in [0.05, 0.1) is 26.4 Å². The Morgan fingerprint density at radius 1 is 0.631 bits per heavy atom. The highest BCUT2D eigenvalue weighted by Gasteiger charge is 2.55. The van der Waals surface area contributed by atoms with Crippen LogP contribution in [0.3, 0.4) is 0 Å². The van der Waals surface area contributed by atoms with Gasteiger partial charge in [0.15, 0.2) is 60.5 Å². The van der Waals surface area contributed by atoms with Crippen molar-refractivity contribution in [2.24, 2.45) is 5.16 Å². The zero-order valence-corrected chi connectivity index (χ0v) is 59.6. The van der Waals surface area contributed by atoms with Crippen LogP contribution in [-0.4, -0.2) is 117 Å². The molecule has 0 spiro atoms. The molecule has 4 heterocycles. The second kappa shape index (κ2) is 37.2. The maximum atomic E-state index is 15.3. The minimum absolute atomic E-state index is 0. The van der Waals surface area contributed by atoms with Crippen molar-refractivity contribution < 1.29 is 78.9 Å². The Morgan fingerprint density at radius 3 is 1.64 bits per heavy atom. The summed E-state index contributed by atoms with van der Waals surface area (Å²) >= 11 is 4.14. The number of carbonyl (C=O) groups is 4. The second-order valence-corrected chi connectivity index (χ2v) is 26.4. The molecule has 1 fully saturated rings. The van der Waals surface area contributed by atoms with Crippen molar-refractivity contribution in [1.82, 2.24) is 15.2 Å². The van der Waals surface area contributed by atoms with Gasteiger partial charge in [-0.3, -0.25) is 14.5 Å². The lowest BCUT2D eigenvalue weighted by atomic mass is 9.77. The summed E-state index contributed by atoms with van der Waals surface area (Å²) in [4.78, 5) is 72.7. The molecule has 2 N–H and O–H groups in total. The van der Waals surface area contributed by atoms with E-state index in [0.29, 0.717) is 59.9 Å². The van der Waals surface area contributed by atoms with Crippen molar-refractivity contribution in [3.05, 3.63) is 322 Å². The van der Waals surface area contributed by atoms with Gasteiger partial charge in [0.1, 0.15) is 35.0 Å². The van der Waals surface area contributed by atoms with E-state index in [0.717, 1.165) is 43.8 Å². The highest BCUT2D eigenvalue weighted by molar-refractivity contribution is 8.01. The summed E-state index contributed by atoms with van der Waals surface area (Å²) in [5, 5.41) is 12.7. The van der Waals surface area contributed by atoms with Gasteiger partial charge < -0.3 is 65.8 Å². The first-order chi connectivity index (χ1) is 50.2. The molecule has 2 atom stereocenters. The Labute approximate surface area is 616 Å². The minimum Gasteiger partial charge on any atom is -1.00 e. The summed E-state index contributed by atoms with van der Waals surface area (Å²) in [7, 11) is 3.16. The largest absolute Gasteiger partial charge is 1.00 e. The summed E-state index contributed by atoms with van der Waals surface area (Å²) in [6.45, 7) is 0.973. The van der Waals surface area contributed by atoms with Gasteiger partial charge in [0.2, 0.25) is 6.54 Å². The molecule has 2 aromatic heterocycles. The molecule has 103 heavy (non-hydrogen) atoms. The third-order valence-electron chi connectivity index (χ3n) is 16.7. The number of hydrogen-bond acceptors (Lipinski definition) is 19. The molecule has 19 nitrogen and oxygen atoms in total. The number of amides is 2. The van der Waals surface area contributed by atoms with Gasteiger partial charge in [0, 0.05) is 48.1 Å². The van der Waals surface area contributed by atoms with E-state index in [-0.39, 0.29) is 62.0 Å². The van der Waals surface area contributed by atoms with Gasteiger partial charge in [-0.15, -0.1) is 34.9 Å². The second-order valence-electron chi connectivity index (χ2n) is 23.4. The highest BCUT2D eigenvalue weighted by Crippen LogP contribution is 2.44. The Kier molecular flexibility index (Phi) is 26.7. The van der Waals surface area contributed by atoms with Crippen molar-refractivity contribution in [2.45, 2.75) is 47.2 Å². The zero-order valence-electron chi connectivity index (χ0n) is 56.4. The van der Waals surface area contributed by atoms with E-state index in [1.807, 2.05) is 188 Å². The number of β-lactam (4-membered cyclic amide) rings is 1. The van der Waals surface area contributed by atoms with E-state index in [1.165, 1.54) is 39.8 Å². The molecule has 528 valence electrons. The number of ether oxygens (including phenoxy) is 8. The van der Waals surface area contributed by atoms with Crippen LogP contribution < -0.4 is 37.1 Å². The molecule has 1 unspecified atom stereocenters. The molecular formula is C80H75ClN6O13S3. The fourth-order valence-electron chi connectivity index (χ4n) is 11.7. The third-order valence-corrected chi connectivity index (χ3v) is 19.9.